The summed E-state index contributed by atoms with van der Waals surface area (Å²) in [5.74, 6) is -0.877. The molecule has 2 heterocycles. The first-order valence-corrected chi connectivity index (χ1v) is 7.76. The summed E-state index contributed by atoms with van der Waals surface area (Å²) in [7, 11) is 0. The number of ether oxygens (including phenoxy) is 1. The number of aromatic nitrogens is 3. The Morgan fingerprint density at radius 2 is 2.04 bits per heavy atom. The maximum Gasteiger partial charge on any atom is 0.340 e. The molecule has 124 valence electrons. The molecule has 7 nitrogen and oxygen atoms in total. The molecule has 0 radical (unpaired) electrons. The van der Waals surface area contributed by atoms with Gasteiger partial charge in [-0.25, -0.2) is 14.5 Å². The normalized spacial score (nSPS) is 12.4. The van der Waals surface area contributed by atoms with Crippen LogP contribution in [0.5, 0.6) is 0 Å². The molecule has 0 fully saturated rings. The second-order valence-corrected chi connectivity index (χ2v) is 5.66. The quantitative estimate of drug-likeness (QED) is 0.824. The molecule has 0 aliphatic heterocycles. The highest BCUT2D eigenvalue weighted by Gasteiger charge is 2.19. The third-order valence-electron chi connectivity index (χ3n) is 3.36. The summed E-state index contributed by atoms with van der Waals surface area (Å²) in [6.07, 6.45) is 3.09. The standard InChI is InChI=1S/C16H22N4O3/c1-5-6-17-15(21)11(4)23-16(22)13-7-12-9-19-20(10(2)3)14(12)18-8-13/h7-11H,5-6H2,1-4H3,(H,17,21). The molecule has 1 amide bonds. The van der Waals surface area contributed by atoms with Gasteiger partial charge in [-0.15, -0.1) is 0 Å². The van der Waals surface area contributed by atoms with Gasteiger partial charge < -0.3 is 10.1 Å². The molecule has 23 heavy (non-hydrogen) atoms. The number of rotatable bonds is 6. The van der Waals surface area contributed by atoms with Crippen molar-refractivity contribution < 1.29 is 14.3 Å². The van der Waals surface area contributed by atoms with Crippen molar-refractivity contribution >= 4 is 22.9 Å². The summed E-state index contributed by atoms with van der Waals surface area (Å²) in [5, 5.41) is 7.71. The number of pyridine rings is 1. The first-order chi connectivity index (χ1) is 10.9. The molecule has 0 aliphatic rings. The SMILES string of the molecule is CCCNC(=O)C(C)OC(=O)c1cnc2c(cnn2C(C)C)c1. The first-order valence-electron chi connectivity index (χ1n) is 7.76. The lowest BCUT2D eigenvalue weighted by Crippen LogP contribution is -2.36. The van der Waals surface area contributed by atoms with Gasteiger partial charge >= 0.3 is 5.97 Å². The van der Waals surface area contributed by atoms with E-state index in [4.69, 9.17) is 4.74 Å². The van der Waals surface area contributed by atoms with Crippen LogP contribution in [0.3, 0.4) is 0 Å². The fourth-order valence-electron chi connectivity index (χ4n) is 2.10. The number of hydrogen-bond acceptors (Lipinski definition) is 5. The lowest BCUT2D eigenvalue weighted by molar-refractivity contribution is -0.129. The summed E-state index contributed by atoms with van der Waals surface area (Å²) in [4.78, 5) is 28.2. The molecular formula is C16H22N4O3. The van der Waals surface area contributed by atoms with Crippen LogP contribution in [0.25, 0.3) is 11.0 Å². The molecule has 0 spiro atoms. The molecule has 7 heteroatoms. The molecule has 2 aromatic heterocycles. The average molecular weight is 318 g/mol. The number of nitrogens with zero attached hydrogens (tertiary/aromatic N) is 3. The molecule has 2 aromatic rings. The van der Waals surface area contributed by atoms with Gasteiger partial charge in [0, 0.05) is 24.2 Å². The topological polar surface area (TPSA) is 86.1 Å². The maximum atomic E-state index is 12.1. The van der Waals surface area contributed by atoms with Gasteiger partial charge in [0.1, 0.15) is 0 Å². The second-order valence-electron chi connectivity index (χ2n) is 5.66. The average Bonchev–Trinajstić information content (AvgIpc) is 2.95. The Labute approximate surface area is 135 Å². The molecular weight excluding hydrogens is 296 g/mol. The van der Waals surface area contributed by atoms with Crippen LogP contribution in [0, 0.1) is 0 Å². The van der Waals surface area contributed by atoms with E-state index >= 15 is 0 Å². The number of amides is 1. The van der Waals surface area contributed by atoms with Gasteiger partial charge in [-0.3, -0.25) is 4.79 Å². The van der Waals surface area contributed by atoms with E-state index in [9.17, 15) is 9.59 Å². The largest absolute Gasteiger partial charge is 0.449 e. The van der Waals surface area contributed by atoms with Crippen LogP contribution in [0.2, 0.25) is 0 Å². The summed E-state index contributed by atoms with van der Waals surface area (Å²) in [5.41, 5.74) is 1.02. The van der Waals surface area contributed by atoms with Crippen LogP contribution in [-0.2, 0) is 9.53 Å². The number of esters is 1. The van der Waals surface area contributed by atoms with Crippen LogP contribution in [0.15, 0.2) is 18.5 Å². The van der Waals surface area contributed by atoms with Crippen molar-refractivity contribution in [3.8, 4) is 0 Å². The number of nitrogens with one attached hydrogen (secondary N) is 1. The van der Waals surface area contributed by atoms with Gasteiger partial charge in [-0.2, -0.15) is 5.10 Å². The van der Waals surface area contributed by atoms with Gasteiger partial charge in [0.15, 0.2) is 11.8 Å². The zero-order valence-electron chi connectivity index (χ0n) is 13.9. The molecule has 0 saturated carbocycles. The Kier molecular flexibility index (Phi) is 5.31. The summed E-state index contributed by atoms with van der Waals surface area (Å²) in [6, 6.07) is 1.85. The Morgan fingerprint density at radius 1 is 1.30 bits per heavy atom. The third kappa shape index (κ3) is 3.85. The molecule has 2 rings (SSSR count). The fourth-order valence-corrected chi connectivity index (χ4v) is 2.10. The van der Waals surface area contributed by atoms with E-state index in [0.29, 0.717) is 17.8 Å². The van der Waals surface area contributed by atoms with E-state index in [1.54, 1.807) is 23.9 Å². The van der Waals surface area contributed by atoms with Crippen molar-refractivity contribution in [3.63, 3.8) is 0 Å². The molecule has 0 saturated heterocycles. The Bertz CT molecular complexity index is 708. The number of carbonyl (C=O) groups excluding carboxylic acids is 2. The van der Waals surface area contributed by atoms with Crippen LogP contribution in [0.1, 0.15) is 50.5 Å². The van der Waals surface area contributed by atoms with Crippen molar-refractivity contribution in [2.24, 2.45) is 0 Å². The van der Waals surface area contributed by atoms with E-state index in [-0.39, 0.29) is 11.9 Å². The van der Waals surface area contributed by atoms with Crippen LogP contribution < -0.4 is 5.32 Å². The number of hydrogen-bond donors (Lipinski definition) is 1. The van der Waals surface area contributed by atoms with Crippen molar-refractivity contribution in [1.82, 2.24) is 20.1 Å². The Hall–Kier alpha value is -2.44. The minimum atomic E-state index is -0.844. The van der Waals surface area contributed by atoms with Crippen molar-refractivity contribution in [3.05, 3.63) is 24.0 Å². The molecule has 0 bridgehead atoms. The highest BCUT2D eigenvalue weighted by molar-refractivity contribution is 5.94. The fraction of sp³-hybridized carbons (Fsp3) is 0.500. The van der Waals surface area contributed by atoms with Crippen molar-refractivity contribution in [2.45, 2.75) is 46.3 Å². The number of carbonyl (C=O) groups is 2. The lowest BCUT2D eigenvalue weighted by Gasteiger charge is -2.13. The Balaban J connectivity index is 2.11. The van der Waals surface area contributed by atoms with Gasteiger partial charge in [0.2, 0.25) is 0 Å². The first kappa shape index (κ1) is 16.9. The van der Waals surface area contributed by atoms with E-state index in [1.165, 1.54) is 6.20 Å². The molecule has 0 aromatic carbocycles. The third-order valence-corrected chi connectivity index (χ3v) is 3.36. The summed E-state index contributed by atoms with van der Waals surface area (Å²) >= 11 is 0. The van der Waals surface area contributed by atoms with Crippen LogP contribution in [-0.4, -0.2) is 39.3 Å². The molecule has 1 N–H and O–H groups in total. The van der Waals surface area contributed by atoms with Crippen LogP contribution in [0.4, 0.5) is 0 Å². The van der Waals surface area contributed by atoms with Gasteiger partial charge in [0.25, 0.3) is 5.91 Å². The van der Waals surface area contributed by atoms with Crippen LogP contribution >= 0.6 is 0 Å². The van der Waals surface area contributed by atoms with Crippen molar-refractivity contribution in [1.29, 1.82) is 0 Å². The summed E-state index contributed by atoms with van der Waals surface area (Å²) < 4.78 is 6.96. The van der Waals surface area contributed by atoms with E-state index in [1.807, 2.05) is 20.8 Å². The van der Waals surface area contributed by atoms with Crippen molar-refractivity contribution in [2.75, 3.05) is 6.54 Å². The smallest absolute Gasteiger partial charge is 0.340 e. The highest BCUT2D eigenvalue weighted by atomic mass is 16.5. The molecule has 1 unspecified atom stereocenters. The van der Waals surface area contributed by atoms with E-state index < -0.39 is 12.1 Å². The Morgan fingerprint density at radius 3 is 2.70 bits per heavy atom. The van der Waals surface area contributed by atoms with E-state index in [0.717, 1.165) is 11.8 Å². The minimum Gasteiger partial charge on any atom is -0.449 e. The molecule has 1 atom stereocenters. The molecule has 0 aliphatic carbocycles. The minimum absolute atomic E-state index is 0.181. The monoisotopic (exact) mass is 318 g/mol. The number of fused-ring (bicyclic) bond motifs is 1. The van der Waals surface area contributed by atoms with E-state index in [2.05, 4.69) is 15.4 Å². The zero-order chi connectivity index (χ0) is 17.0. The van der Waals surface area contributed by atoms with Gasteiger partial charge in [-0.05, 0) is 33.3 Å². The predicted octanol–water partition coefficient (Wildman–Crippen LogP) is 2.08. The predicted molar refractivity (Wildman–Crippen MR) is 86.1 cm³/mol. The van der Waals surface area contributed by atoms with Gasteiger partial charge in [0.05, 0.1) is 11.8 Å². The second kappa shape index (κ2) is 7.21. The highest BCUT2D eigenvalue weighted by Crippen LogP contribution is 2.17. The maximum absolute atomic E-state index is 12.1. The van der Waals surface area contributed by atoms with Gasteiger partial charge in [-0.1, -0.05) is 6.92 Å². The lowest BCUT2D eigenvalue weighted by atomic mass is 10.2. The zero-order valence-corrected chi connectivity index (χ0v) is 13.9. The summed E-state index contributed by atoms with van der Waals surface area (Å²) in [6.45, 7) is 8.07.